The Hall–Kier alpha value is -2.59. The third kappa shape index (κ3) is 2.81. The molecule has 0 unspecified atom stereocenters. The molecule has 2 rings (SSSR count). The number of ether oxygens (including phenoxy) is 1. The molecule has 0 aromatic heterocycles. The number of hydrogen-bond donors (Lipinski definition) is 0. The van der Waals surface area contributed by atoms with Gasteiger partial charge in [0.25, 0.3) is 0 Å². The third-order valence-corrected chi connectivity index (χ3v) is 2.22. The molecule has 0 amide bonds. The monoisotopic (exact) mass is 265 g/mol. The van der Waals surface area contributed by atoms with E-state index in [-0.39, 0.29) is 11.4 Å². The summed E-state index contributed by atoms with van der Waals surface area (Å²) in [5.74, 6) is -4.68. The lowest BCUT2D eigenvalue weighted by Crippen LogP contribution is -1.94. The Bertz CT molecular complexity index is 667. The maximum Gasteiger partial charge on any atom is 0.240 e. The van der Waals surface area contributed by atoms with E-state index in [1.165, 1.54) is 30.3 Å². The minimum Gasteiger partial charge on any atom is -0.454 e. The highest BCUT2D eigenvalue weighted by Gasteiger charge is 2.15. The molecule has 19 heavy (non-hydrogen) atoms. The van der Waals surface area contributed by atoms with Crippen molar-refractivity contribution in [3.05, 3.63) is 53.8 Å². The SMILES string of the molecule is O=C=Nc1cccc(Oc2ccc(F)c(F)c2F)c1. The van der Waals surface area contributed by atoms with Gasteiger partial charge >= 0.3 is 0 Å². The second-order valence-corrected chi connectivity index (χ2v) is 3.48. The summed E-state index contributed by atoms with van der Waals surface area (Å²) < 4.78 is 44.2. The Morgan fingerprint density at radius 2 is 1.84 bits per heavy atom. The molecule has 0 aliphatic rings. The molecule has 0 aliphatic heterocycles. The average Bonchev–Trinajstić information content (AvgIpc) is 2.40. The summed E-state index contributed by atoms with van der Waals surface area (Å²) >= 11 is 0. The van der Waals surface area contributed by atoms with Crippen LogP contribution < -0.4 is 4.74 Å². The predicted octanol–water partition coefficient (Wildman–Crippen LogP) is 3.86. The third-order valence-electron chi connectivity index (χ3n) is 2.22. The van der Waals surface area contributed by atoms with Crippen molar-refractivity contribution in [3.63, 3.8) is 0 Å². The summed E-state index contributed by atoms with van der Waals surface area (Å²) in [6.07, 6.45) is 1.34. The van der Waals surface area contributed by atoms with E-state index in [1.807, 2.05) is 0 Å². The van der Waals surface area contributed by atoms with Crippen LogP contribution in [0.15, 0.2) is 41.4 Å². The van der Waals surface area contributed by atoms with Crippen LogP contribution in [-0.2, 0) is 4.79 Å². The minimum atomic E-state index is -1.61. The summed E-state index contributed by atoms with van der Waals surface area (Å²) in [7, 11) is 0. The maximum absolute atomic E-state index is 13.4. The van der Waals surface area contributed by atoms with Crippen molar-refractivity contribution in [2.24, 2.45) is 4.99 Å². The van der Waals surface area contributed by atoms with E-state index in [0.717, 1.165) is 12.1 Å². The Balaban J connectivity index is 2.33. The molecule has 0 aliphatic carbocycles. The first-order chi connectivity index (χ1) is 9.11. The van der Waals surface area contributed by atoms with Crippen molar-refractivity contribution in [1.29, 1.82) is 0 Å². The number of benzene rings is 2. The lowest BCUT2D eigenvalue weighted by atomic mass is 10.3. The van der Waals surface area contributed by atoms with Crippen molar-refractivity contribution in [2.75, 3.05) is 0 Å². The number of aliphatic imine (C=N–C) groups is 1. The first-order valence-corrected chi connectivity index (χ1v) is 5.11. The molecule has 0 spiro atoms. The van der Waals surface area contributed by atoms with E-state index >= 15 is 0 Å². The molecule has 0 radical (unpaired) electrons. The largest absolute Gasteiger partial charge is 0.454 e. The van der Waals surface area contributed by atoms with Crippen LogP contribution >= 0.6 is 0 Å². The molecule has 0 atom stereocenters. The van der Waals surface area contributed by atoms with Gasteiger partial charge in [0.15, 0.2) is 17.4 Å². The second-order valence-electron chi connectivity index (χ2n) is 3.48. The molecular weight excluding hydrogens is 259 g/mol. The topological polar surface area (TPSA) is 38.7 Å². The number of halogens is 3. The Morgan fingerprint density at radius 3 is 2.58 bits per heavy atom. The van der Waals surface area contributed by atoms with E-state index in [2.05, 4.69) is 4.99 Å². The van der Waals surface area contributed by atoms with Crippen molar-refractivity contribution in [1.82, 2.24) is 0 Å². The van der Waals surface area contributed by atoms with Crippen molar-refractivity contribution < 1.29 is 22.7 Å². The summed E-state index contributed by atoms with van der Waals surface area (Å²) in [6.45, 7) is 0. The van der Waals surface area contributed by atoms with Gasteiger partial charge in [0.1, 0.15) is 5.75 Å². The fourth-order valence-electron chi connectivity index (χ4n) is 1.38. The Morgan fingerprint density at radius 1 is 1.05 bits per heavy atom. The van der Waals surface area contributed by atoms with Gasteiger partial charge < -0.3 is 4.74 Å². The first-order valence-electron chi connectivity index (χ1n) is 5.11. The van der Waals surface area contributed by atoms with Gasteiger partial charge in [0, 0.05) is 6.07 Å². The van der Waals surface area contributed by atoms with Gasteiger partial charge in [-0.15, -0.1) is 0 Å². The van der Waals surface area contributed by atoms with Gasteiger partial charge in [0.2, 0.25) is 11.9 Å². The van der Waals surface area contributed by atoms with Crippen molar-refractivity contribution in [3.8, 4) is 11.5 Å². The standard InChI is InChI=1S/C13H6F3NO2/c14-10-4-5-11(13(16)12(10)15)19-9-3-1-2-8(6-9)17-7-18/h1-6H. The molecular formula is C13H6F3NO2. The number of isocyanates is 1. The van der Waals surface area contributed by atoms with Gasteiger partial charge in [0.05, 0.1) is 5.69 Å². The van der Waals surface area contributed by atoms with Crippen LogP contribution in [0.1, 0.15) is 0 Å². The zero-order chi connectivity index (χ0) is 13.8. The predicted molar refractivity (Wildman–Crippen MR) is 60.6 cm³/mol. The molecule has 0 heterocycles. The molecule has 0 N–H and O–H groups in total. The number of rotatable bonds is 3. The zero-order valence-electron chi connectivity index (χ0n) is 9.36. The quantitative estimate of drug-likeness (QED) is 0.480. The first kappa shape index (κ1) is 12.9. The molecule has 0 saturated carbocycles. The van der Waals surface area contributed by atoms with E-state index in [1.54, 1.807) is 0 Å². The normalized spacial score (nSPS) is 9.84. The van der Waals surface area contributed by atoms with E-state index < -0.39 is 23.2 Å². The lowest BCUT2D eigenvalue weighted by molar-refractivity contribution is 0.394. The number of nitrogens with zero attached hydrogens (tertiary/aromatic N) is 1. The lowest BCUT2D eigenvalue weighted by Gasteiger charge is -2.07. The maximum atomic E-state index is 13.4. The van der Waals surface area contributed by atoms with Crippen molar-refractivity contribution >= 4 is 11.8 Å². The van der Waals surface area contributed by atoms with Gasteiger partial charge in [-0.05, 0) is 24.3 Å². The van der Waals surface area contributed by atoms with E-state index in [9.17, 15) is 18.0 Å². The smallest absolute Gasteiger partial charge is 0.240 e. The molecule has 6 heteroatoms. The molecule has 2 aromatic carbocycles. The van der Waals surface area contributed by atoms with Crippen LogP contribution in [0.3, 0.4) is 0 Å². The highest BCUT2D eigenvalue weighted by Crippen LogP contribution is 2.29. The van der Waals surface area contributed by atoms with Crippen LogP contribution in [0.4, 0.5) is 18.9 Å². The molecule has 0 saturated heterocycles. The molecule has 0 fully saturated rings. The summed E-state index contributed by atoms with van der Waals surface area (Å²) in [6, 6.07) is 7.49. The fourth-order valence-corrected chi connectivity index (χ4v) is 1.38. The summed E-state index contributed by atoms with van der Waals surface area (Å²) in [5, 5.41) is 0. The van der Waals surface area contributed by atoms with E-state index in [4.69, 9.17) is 4.74 Å². The van der Waals surface area contributed by atoms with Crippen molar-refractivity contribution in [2.45, 2.75) is 0 Å². The highest BCUT2D eigenvalue weighted by molar-refractivity contribution is 5.51. The van der Waals surface area contributed by atoms with E-state index in [0.29, 0.717) is 0 Å². The van der Waals surface area contributed by atoms with Crippen LogP contribution in [0.25, 0.3) is 0 Å². The minimum absolute atomic E-state index is 0.126. The molecule has 0 bridgehead atoms. The zero-order valence-corrected chi connectivity index (χ0v) is 9.36. The average molecular weight is 265 g/mol. The fraction of sp³-hybridized carbons (Fsp3) is 0. The second kappa shape index (κ2) is 5.37. The molecule has 2 aromatic rings. The number of hydrogen-bond acceptors (Lipinski definition) is 3. The van der Waals surface area contributed by atoms with Crippen LogP contribution in [0.5, 0.6) is 11.5 Å². The van der Waals surface area contributed by atoms with Crippen LogP contribution in [0, 0.1) is 17.5 Å². The highest BCUT2D eigenvalue weighted by atomic mass is 19.2. The Labute approximate surface area is 106 Å². The van der Waals surface area contributed by atoms with Crippen LogP contribution in [0.2, 0.25) is 0 Å². The van der Waals surface area contributed by atoms with Gasteiger partial charge in [-0.25, -0.2) is 13.6 Å². The molecule has 96 valence electrons. The number of carbonyl (C=O) groups excluding carboxylic acids is 1. The van der Waals surface area contributed by atoms with Crippen LogP contribution in [-0.4, -0.2) is 6.08 Å². The molecule has 3 nitrogen and oxygen atoms in total. The summed E-state index contributed by atoms with van der Waals surface area (Å²) in [4.78, 5) is 13.4. The van der Waals surface area contributed by atoms with Gasteiger partial charge in [-0.2, -0.15) is 9.38 Å². The van der Waals surface area contributed by atoms with Gasteiger partial charge in [-0.1, -0.05) is 6.07 Å². The van der Waals surface area contributed by atoms with Gasteiger partial charge in [-0.3, -0.25) is 0 Å². The Kier molecular flexibility index (Phi) is 3.63. The summed E-state index contributed by atoms with van der Waals surface area (Å²) in [5.41, 5.74) is 0.246.